The standard InChI is InChI=1S/C20H22O8/c1-23-13-7-11(9-21)17(25-3)19(27-5)15(13)16-14(24-2)8-12(10-22)18(26-4)20(16)28-6/h7-10H,1-6H3. The van der Waals surface area contributed by atoms with Gasteiger partial charge >= 0.3 is 0 Å². The van der Waals surface area contributed by atoms with Gasteiger partial charge < -0.3 is 28.4 Å². The molecule has 0 aliphatic heterocycles. The SMILES string of the molecule is COc1cc(C=O)c(OC)c(OC)c1-c1c(OC)cc(C=O)c(OC)c1OC. The molecule has 0 spiro atoms. The molecule has 0 bridgehead atoms. The Morgan fingerprint density at radius 1 is 0.536 bits per heavy atom. The summed E-state index contributed by atoms with van der Waals surface area (Å²) in [6.45, 7) is 0. The van der Waals surface area contributed by atoms with Crippen LogP contribution in [0.25, 0.3) is 11.1 Å². The molecule has 8 heteroatoms. The summed E-state index contributed by atoms with van der Waals surface area (Å²) in [7, 11) is 8.62. The maximum absolute atomic E-state index is 11.5. The number of hydrogen-bond acceptors (Lipinski definition) is 8. The van der Waals surface area contributed by atoms with Crippen LogP contribution >= 0.6 is 0 Å². The van der Waals surface area contributed by atoms with E-state index in [1.54, 1.807) is 0 Å². The van der Waals surface area contributed by atoms with E-state index in [9.17, 15) is 9.59 Å². The molecule has 0 radical (unpaired) electrons. The summed E-state index contributed by atoms with van der Waals surface area (Å²) >= 11 is 0. The quantitative estimate of drug-likeness (QED) is 0.604. The highest BCUT2D eigenvalue weighted by Gasteiger charge is 2.30. The fourth-order valence-corrected chi connectivity index (χ4v) is 3.05. The van der Waals surface area contributed by atoms with Crippen LogP contribution in [-0.2, 0) is 0 Å². The van der Waals surface area contributed by atoms with E-state index in [2.05, 4.69) is 0 Å². The lowest BCUT2D eigenvalue weighted by molar-refractivity contribution is 0.111. The molecule has 0 aliphatic carbocycles. The molecule has 150 valence electrons. The molecule has 8 nitrogen and oxygen atoms in total. The van der Waals surface area contributed by atoms with Crippen molar-refractivity contribution in [1.82, 2.24) is 0 Å². The third-order valence-electron chi connectivity index (χ3n) is 4.22. The van der Waals surface area contributed by atoms with Crippen molar-refractivity contribution in [2.45, 2.75) is 0 Å². The average molecular weight is 390 g/mol. The molecule has 0 aliphatic rings. The van der Waals surface area contributed by atoms with Gasteiger partial charge in [0.05, 0.1) is 64.9 Å². The largest absolute Gasteiger partial charge is 0.496 e. The van der Waals surface area contributed by atoms with E-state index >= 15 is 0 Å². The number of ether oxygens (including phenoxy) is 6. The number of methoxy groups -OCH3 is 6. The predicted octanol–water partition coefficient (Wildman–Crippen LogP) is 3.03. The van der Waals surface area contributed by atoms with Crippen LogP contribution in [0.1, 0.15) is 20.7 Å². The zero-order valence-corrected chi connectivity index (χ0v) is 16.6. The van der Waals surface area contributed by atoms with Gasteiger partial charge in [-0.1, -0.05) is 0 Å². The van der Waals surface area contributed by atoms with E-state index in [0.29, 0.717) is 35.2 Å². The third-order valence-corrected chi connectivity index (χ3v) is 4.22. The molecule has 0 atom stereocenters. The molecule has 0 fully saturated rings. The lowest BCUT2D eigenvalue weighted by Gasteiger charge is -2.22. The number of hydrogen-bond donors (Lipinski definition) is 0. The van der Waals surface area contributed by atoms with Gasteiger partial charge in [0.15, 0.2) is 35.6 Å². The second kappa shape index (κ2) is 8.98. The summed E-state index contributed by atoms with van der Waals surface area (Å²) in [6.07, 6.45) is 1.27. The number of carbonyl (C=O) groups is 2. The van der Waals surface area contributed by atoms with Gasteiger partial charge in [0, 0.05) is 0 Å². The van der Waals surface area contributed by atoms with Gasteiger partial charge in [-0.25, -0.2) is 0 Å². The highest BCUT2D eigenvalue weighted by Crippen LogP contribution is 2.55. The fraction of sp³-hybridized carbons (Fsp3) is 0.300. The molecule has 0 heterocycles. The lowest BCUT2D eigenvalue weighted by atomic mass is 9.96. The van der Waals surface area contributed by atoms with Crippen LogP contribution in [-0.4, -0.2) is 55.2 Å². The van der Waals surface area contributed by atoms with Gasteiger partial charge in [0.1, 0.15) is 11.5 Å². The summed E-state index contributed by atoms with van der Waals surface area (Å²) in [6, 6.07) is 3.03. The van der Waals surface area contributed by atoms with Crippen molar-refractivity contribution >= 4 is 12.6 Å². The maximum Gasteiger partial charge on any atom is 0.173 e. The van der Waals surface area contributed by atoms with Crippen molar-refractivity contribution in [2.75, 3.05) is 42.7 Å². The summed E-state index contributed by atoms with van der Waals surface area (Å²) in [4.78, 5) is 23.0. The lowest BCUT2D eigenvalue weighted by Crippen LogP contribution is -2.04. The first kappa shape index (κ1) is 20.9. The molecule has 2 rings (SSSR count). The molecule has 0 N–H and O–H groups in total. The van der Waals surface area contributed by atoms with Crippen LogP contribution < -0.4 is 28.4 Å². The van der Waals surface area contributed by atoms with E-state index in [1.165, 1.54) is 54.8 Å². The van der Waals surface area contributed by atoms with Gasteiger partial charge in [-0.15, -0.1) is 0 Å². The number of aldehydes is 2. The first-order chi connectivity index (χ1) is 13.6. The Kier molecular flexibility index (Phi) is 6.70. The minimum absolute atomic E-state index is 0.218. The van der Waals surface area contributed by atoms with Crippen LogP contribution in [0.3, 0.4) is 0 Å². The zero-order chi connectivity index (χ0) is 20.8. The first-order valence-corrected chi connectivity index (χ1v) is 8.13. The monoisotopic (exact) mass is 390 g/mol. The van der Waals surface area contributed by atoms with Crippen molar-refractivity contribution in [1.29, 1.82) is 0 Å². The highest BCUT2D eigenvalue weighted by atomic mass is 16.5. The van der Waals surface area contributed by atoms with Crippen LogP contribution in [0.4, 0.5) is 0 Å². The average Bonchev–Trinajstić information content (AvgIpc) is 2.75. The summed E-state index contributed by atoms with van der Waals surface area (Å²) in [5.74, 6) is 1.55. The number of rotatable bonds is 9. The van der Waals surface area contributed by atoms with Crippen molar-refractivity contribution in [2.24, 2.45) is 0 Å². The Labute approximate surface area is 162 Å². The Morgan fingerprint density at radius 3 is 1.07 bits per heavy atom. The minimum atomic E-state index is 0.218. The first-order valence-electron chi connectivity index (χ1n) is 8.13. The second-order valence-corrected chi connectivity index (χ2v) is 5.45. The van der Waals surface area contributed by atoms with Crippen molar-refractivity contribution in [3.8, 4) is 45.6 Å². The Morgan fingerprint density at radius 2 is 0.857 bits per heavy atom. The maximum atomic E-state index is 11.5. The molecule has 2 aromatic carbocycles. The summed E-state index contributed by atoms with van der Waals surface area (Å²) in [5, 5.41) is 0. The van der Waals surface area contributed by atoms with E-state index < -0.39 is 0 Å². The van der Waals surface area contributed by atoms with E-state index in [4.69, 9.17) is 28.4 Å². The molecule has 2 aromatic rings. The zero-order valence-electron chi connectivity index (χ0n) is 16.6. The molecular formula is C20H22O8. The van der Waals surface area contributed by atoms with E-state index in [-0.39, 0.29) is 34.1 Å². The molecule has 0 saturated heterocycles. The molecular weight excluding hydrogens is 368 g/mol. The van der Waals surface area contributed by atoms with Gasteiger partial charge in [-0.05, 0) is 12.1 Å². The molecule has 0 amide bonds. The summed E-state index contributed by atoms with van der Waals surface area (Å²) in [5.41, 5.74) is 1.32. The van der Waals surface area contributed by atoms with Crippen LogP contribution in [0, 0.1) is 0 Å². The van der Waals surface area contributed by atoms with E-state index in [0.717, 1.165) is 0 Å². The van der Waals surface area contributed by atoms with Gasteiger partial charge in [0.25, 0.3) is 0 Å². The smallest absolute Gasteiger partial charge is 0.173 e. The third kappa shape index (κ3) is 3.28. The Bertz CT molecular complexity index is 815. The molecule has 0 aromatic heterocycles. The van der Waals surface area contributed by atoms with Crippen LogP contribution in [0.15, 0.2) is 12.1 Å². The highest BCUT2D eigenvalue weighted by molar-refractivity contribution is 5.96. The van der Waals surface area contributed by atoms with Crippen molar-refractivity contribution < 1.29 is 38.0 Å². The molecule has 28 heavy (non-hydrogen) atoms. The number of benzene rings is 2. The summed E-state index contributed by atoms with van der Waals surface area (Å²) < 4.78 is 32.9. The fourth-order valence-electron chi connectivity index (χ4n) is 3.05. The number of carbonyl (C=O) groups excluding carboxylic acids is 2. The molecule has 0 unspecified atom stereocenters. The topological polar surface area (TPSA) is 89.5 Å². The van der Waals surface area contributed by atoms with Gasteiger partial charge in [0.2, 0.25) is 0 Å². The minimum Gasteiger partial charge on any atom is -0.496 e. The second-order valence-electron chi connectivity index (χ2n) is 5.45. The van der Waals surface area contributed by atoms with E-state index in [1.807, 2.05) is 0 Å². The van der Waals surface area contributed by atoms with Crippen LogP contribution in [0.5, 0.6) is 34.5 Å². The normalized spacial score (nSPS) is 10.1. The Balaban J connectivity index is 3.10. The van der Waals surface area contributed by atoms with Gasteiger partial charge in [-0.3, -0.25) is 9.59 Å². The van der Waals surface area contributed by atoms with Crippen molar-refractivity contribution in [3.63, 3.8) is 0 Å². The van der Waals surface area contributed by atoms with Crippen molar-refractivity contribution in [3.05, 3.63) is 23.3 Å². The Hall–Kier alpha value is -3.42. The predicted molar refractivity (Wildman–Crippen MR) is 102 cm³/mol. The molecule has 0 saturated carbocycles. The van der Waals surface area contributed by atoms with Gasteiger partial charge in [-0.2, -0.15) is 0 Å². The van der Waals surface area contributed by atoms with Crippen LogP contribution in [0.2, 0.25) is 0 Å².